The van der Waals surface area contributed by atoms with Crippen LogP contribution in [0.2, 0.25) is 0 Å². The van der Waals surface area contributed by atoms with Gasteiger partial charge in [-0.3, -0.25) is 9.79 Å². The first-order valence-electron chi connectivity index (χ1n) is 13.1. The summed E-state index contributed by atoms with van der Waals surface area (Å²) < 4.78 is 70.0. The first-order chi connectivity index (χ1) is 19.8. The molecular weight excluding hydrogens is 548 g/mol. The highest BCUT2D eigenvalue weighted by atomic mass is 19.4. The molecule has 3 aromatic rings. The quantitative estimate of drug-likeness (QED) is 0.111. The second-order valence-corrected chi connectivity index (χ2v) is 9.74. The van der Waals surface area contributed by atoms with Crippen LogP contribution in [0.15, 0.2) is 52.0 Å². The number of para-hydroxylation sites is 1. The normalized spacial score (nSPS) is 16.5. The summed E-state index contributed by atoms with van der Waals surface area (Å²) in [6, 6.07) is 10.6. The largest absolute Gasteiger partial charge is 0.573 e. The highest BCUT2D eigenvalue weighted by Crippen LogP contribution is 2.45. The summed E-state index contributed by atoms with van der Waals surface area (Å²) in [5.41, 5.74) is 4.24. The van der Waals surface area contributed by atoms with Crippen LogP contribution >= 0.6 is 0 Å². The molecule has 218 valence electrons. The molecule has 1 saturated carbocycles. The van der Waals surface area contributed by atoms with E-state index in [1.807, 2.05) is 4.90 Å². The molecule has 0 unspecified atom stereocenters. The number of aromatic nitrogens is 1. The van der Waals surface area contributed by atoms with E-state index in [0.717, 1.165) is 12.8 Å². The standard InChI is InChI=1S/C28H28F4N4O5/c1-33-27(35-39-16-37)20-9-8-18(14-23(20)29)36-12-10-19(11-13-36)38-15-22-25(34-41-26(22)17-6-7-17)21-4-2-3-5-24(21)40-28(30,31)32/h2-5,8-9,14,16-17,19H,6-7,10-13,15H2,1H3,(H,33,35). The Bertz CT molecular complexity index is 1400. The predicted molar refractivity (Wildman–Crippen MR) is 140 cm³/mol. The minimum absolute atomic E-state index is 0.0829. The number of carbonyl (C=O) groups is 1. The van der Waals surface area contributed by atoms with Crippen molar-refractivity contribution in [2.75, 3.05) is 25.0 Å². The van der Waals surface area contributed by atoms with Crippen LogP contribution in [0.4, 0.5) is 23.2 Å². The van der Waals surface area contributed by atoms with Gasteiger partial charge in [0.2, 0.25) is 0 Å². The molecule has 1 aliphatic heterocycles. The van der Waals surface area contributed by atoms with Crippen molar-refractivity contribution in [1.82, 2.24) is 10.6 Å². The van der Waals surface area contributed by atoms with E-state index in [1.54, 1.807) is 18.2 Å². The molecule has 1 aromatic heterocycles. The molecule has 1 N–H and O–H groups in total. The number of halogens is 4. The maximum absolute atomic E-state index is 14.8. The molecule has 0 amide bonds. The number of benzene rings is 2. The van der Waals surface area contributed by atoms with Gasteiger partial charge in [-0.1, -0.05) is 17.3 Å². The maximum Gasteiger partial charge on any atom is 0.573 e. The summed E-state index contributed by atoms with van der Waals surface area (Å²) in [5, 5.41) is 4.12. The van der Waals surface area contributed by atoms with Gasteiger partial charge in [0.15, 0.2) is 5.84 Å². The molecule has 0 radical (unpaired) electrons. The molecule has 2 aromatic carbocycles. The van der Waals surface area contributed by atoms with Crippen molar-refractivity contribution in [3.63, 3.8) is 0 Å². The van der Waals surface area contributed by atoms with Crippen molar-refractivity contribution >= 4 is 18.0 Å². The number of hydroxylamine groups is 1. The van der Waals surface area contributed by atoms with Crippen LogP contribution in [0.3, 0.4) is 0 Å². The lowest BCUT2D eigenvalue weighted by atomic mass is 10.0. The van der Waals surface area contributed by atoms with E-state index in [1.165, 1.54) is 31.3 Å². The summed E-state index contributed by atoms with van der Waals surface area (Å²) in [4.78, 5) is 20.8. The van der Waals surface area contributed by atoms with Gasteiger partial charge in [0.05, 0.1) is 18.3 Å². The maximum atomic E-state index is 14.8. The molecule has 1 saturated heterocycles. The van der Waals surface area contributed by atoms with Gasteiger partial charge in [-0.2, -0.15) is 0 Å². The van der Waals surface area contributed by atoms with E-state index >= 15 is 0 Å². The summed E-state index contributed by atoms with van der Waals surface area (Å²) in [7, 11) is 1.44. The van der Waals surface area contributed by atoms with Gasteiger partial charge in [-0.15, -0.1) is 13.2 Å². The Morgan fingerprint density at radius 3 is 2.59 bits per heavy atom. The van der Waals surface area contributed by atoms with Crippen LogP contribution in [-0.4, -0.2) is 50.1 Å². The van der Waals surface area contributed by atoms with Crippen molar-refractivity contribution in [2.45, 2.75) is 50.7 Å². The number of anilines is 1. The Balaban J connectivity index is 1.24. The highest BCUT2D eigenvalue weighted by molar-refractivity contribution is 5.98. The van der Waals surface area contributed by atoms with Crippen LogP contribution in [-0.2, 0) is 21.0 Å². The summed E-state index contributed by atoms with van der Waals surface area (Å²) in [6.45, 7) is 1.54. The van der Waals surface area contributed by atoms with Crippen molar-refractivity contribution in [2.24, 2.45) is 4.99 Å². The monoisotopic (exact) mass is 576 g/mol. The first kappa shape index (κ1) is 28.4. The fourth-order valence-electron chi connectivity index (χ4n) is 4.89. The summed E-state index contributed by atoms with van der Waals surface area (Å²) in [6.07, 6.45) is -1.81. The van der Waals surface area contributed by atoms with Crippen molar-refractivity contribution in [3.05, 3.63) is 65.2 Å². The molecule has 2 fully saturated rings. The molecule has 2 heterocycles. The predicted octanol–water partition coefficient (Wildman–Crippen LogP) is 5.50. The Morgan fingerprint density at radius 1 is 1.17 bits per heavy atom. The number of alkyl halides is 3. The lowest BCUT2D eigenvalue weighted by Crippen LogP contribution is -2.37. The minimum Gasteiger partial charge on any atom is -0.405 e. The number of aliphatic imine (C=N–C) groups is 1. The molecule has 9 nitrogen and oxygen atoms in total. The number of amidine groups is 1. The number of nitrogens with one attached hydrogen (secondary N) is 1. The molecule has 1 aliphatic carbocycles. The molecular formula is C28H28F4N4O5. The van der Waals surface area contributed by atoms with Crippen LogP contribution in [0.25, 0.3) is 11.3 Å². The Labute approximate surface area is 233 Å². The SMILES string of the molecule is CN=C(NOC=O)c1ccc(N2CCC(OCc3c(-c4ccccc4OC(F)(F)F)noc3C3CC3)CC2)cc1F. The van der Waals surface area contributed by atoms with Gasteiger partial charge in [-0.25, -0.2) is 9.87 Å². The number of rotatable bonds is 10. The van der Waals surface area contributed by atoms with E-state index in [-0.39, 0.29) is 53.5 Å². The first-order valence-corrected chi connectivity index (χ1v) is 13.1. The number of carbonyl (C=O) groups excluding carboxylic acids is 1. The minimum atomic E-state index is -4.85. The van der Waals surface area contributed by atoms with E-state index < -0.39 is 12.2 Å². The van der Waals surface area contributed by atoms with Gasteiger partial charge < -0.3 is 23.7 Å². The second kappa shape index (κ2) is 12.2. The van der Waals surface area contributed by atoms with Crippen molar-refractivity contribution < 1.29 is 41.2 Å². The van der Waals surface area contributed by atoms with Crippen LogP contribution < -0.4 is 15.1 Å². The molecule has 0 spiro atoms. The molecule has 0 atom stereocenters. The number of nitrogens with zero attached hydrogens (tertiary/aromatic N) is 3. The lowest BCUT2D eigenvalue weighted by molar-refractivity contribution is -0.274. The molecule has 2 aliphatic rings. The number of piperidine rings is 1. The Kier molecular flexibility index (Phi) is 8.43. The highest BCUT2D eigenvalue weighted by Gasteiger charge is 2.36. The van der Waals surface area contributed by atoms with E-state index in [2.05, 4.69) is 25.2 Å². The number of ether oxygens (including phenoxy) is 2. The third-order valence-electron chi connectivity index (χ3n) is 7.04. The topological polar surface area (TPSA) is 98.4 Å². The number of hydrogen-bond donors (Lipinski definition) is 1. The fourth-order valence-corrected chi connectivity index (χ4v) is 4.89. The zero-order valence-corrected chi connectivity index (χ0v) is 22.1. The van der Waals surface area contributed by atoms with Gasteiger partial charge >= 0.3 is 12.8 Å². The van der Waals surface area contributed by atoms with Gasteiger partial charge in [0.25, 0.3) is 0 Å². The molecule has 5 rings (SSSR count). The second-order valence-electron chi connectivity index (χ2n) is 9.74. The third-order valence-corrected chi connectivity index (χ3v) is 7.04. The molecule has 41 heavy (non-hydrogen) atoms. The summed E-state index contributed by atoms with van der Waals surface area (Å²) >= 11 is 0. The van der Waals surface area contributed by atoms with E-state index in [9.17, 15) is 22.4 Å². The number of hydrogen-bond acceptors (Lipinski definition) is 8. The zero-order valence-electron chi connectivity index (χ0n) is 22.1. The molecule has 0 bridgehead atoms. The summed E-state index contributed by atoms with van der Waals surface area (Å²) in [5.74, 6) is 0.0137. The van der Waals surface area contributed by atoms with E-state index in [0.29, 0.717) is 42.9 Å². The van der Waals surface area contributed by atoms with Crippen molar-refractivity contribution in [3.8, 4) is 17.0 Å². The average Bonchev–Trinajstić information content (AvgIpc) is 3.72. The zero-order chi connectivity index (χ0) is 29.0. The lowest BCUT2D eigenvalue weighted by Gasteiger charge is -2.33. The Hall–Kier alpha value is -4.13. The Morgan fingerprint density at radius 2 is 1.93 bits per heavy atom. The fraction of sp³-hybridized carbons (Fsp3) is 0.393. The van der Waals surface area contributed by atoms with Gasteiger partial charge in [-0.05, 0) is 56.0 Å². The van der Waals surface area contributed by atoms with Crippen LogP contribution in [0.1, 0.15) is 48.5 Å². The third kappa shape index (κ3) is 6.79. The smallest absolute Gasteiger partial charge is 0.405 e. The average molecular weight is 577 g/mol. The molecule has 13 heteroatoms. The van der Waals surface area contributed by atoms with Gasteiger partial charge in [0, 0.05) is 42.9 Å². The van der Waals surface area contributed by atoms with Gasteiger partial charge in [0.1, 0.15) is 23.0 Å². The van der Waals surface area contributed by atoms with Crippen molar-refractivity contribution in [1.29, 1.82) is 0 Å². The van der Waals surface area contributed by atoms with Crippen LogP contribution in [0, 0.1) is 5.82 Å². The van der Waals surface area contributed by atoms with Crippen LogP contribution in [0.5, 0.6) is 5.75 Å². The van der Waals surface area contributed by atoms with E-state index in [4.69, 9.17) is 9.26 Å².